The first kappa shape index (κ1) is 20.0. The first-order valence-electron chi connectivity index (χ1n) is 9.58. The van der Waals surface area contributed by atoms with Crippen molar-refractivity contribution in [1.82, 2.24) is 4.90 Å². The fourth-order valence-electron chi connectivity index (χ4n) is 3.96. The van der Waals surface area contributed by atoms with Crippen LogP contribution >= 0.6 is 0 Å². The second-order valence-corrected chi connectivity index (χ2v) is 7.16. The molecule has 0 radical (unpaired) electrons. The van der Waals surface area contributed by atoms with E-state index in [0.717, 1.165) is 17.5 Å². The molecule has 2 aromatic carbocycles. The van der Waals surface area contributed by atoms with Crippen LogP contribution in [0, 0.1) is 0 Å². The van der Waals surface area contributed by atoms with Crippen LogP contribution in [0.3, 0.4) is 0 Å². The van der Waals surface area contributed by atoms with Crippen molar-refractivity contribution in [1.29, 1.82) is 0 Å². The summed E-state index contributed by atoms with van der Waals surface area (Å²) in [6.07, 6.45) is -1.41. The van der Waals surface area contributed by atoms with Gasteiger partial charge in [-0.25, -0.2) is 4.99 Å². The highest BCUT2D eigenvalue weighted by molar-refractivity contribution is 6.12. The molecule has 8 heteroatoms. The zero-order valence-electron chi connectivity index (χ0n) is 16.2. The summed E-state index contributed by atoms with van der Waals surface area (Å²) in [4.78, 5) is 11.4. The van der Waals surface area contributed by atoms with Gasteiger partial charge in [-0.3, -0.25) is 9.89 Å². The number of amidine groups is 1. The molecular weight excluding hydrogens is 393 g/mol. The number of halogens is 3. The average Bonchev–Trinajstić information content (AvgIpc) is 3.02. The summed E-state index contributed by atoms with van der Waals surface area (Å²) < 4.78 is 41.8. The standard InChI is InChI=1S/C22H21F3N4O/c1-2-5-15-6-3-7-17(14-15)21(19-27-12-4-13-29(19)20(26)28-21)16-8-10-18(11-9-16)30-22(23,24)25/h2-3,6-11,14H,1,4-5,12-13H2,(H2,26,28). The van der Waals surface area contributed by atoms with Crippen molar-refractivity contribution in [3.8, 4) is 5.75 Å². The molecule has 0 saturated heterocycles. The number of fused-ring (bicyclic) bond motifs is 1. The lowest BCUT2D eigenvalue weighted by Gasteiger charge is -2.33. The number of benzene rings is 2. The molecule has 2 aromatic rings. The summed E-state index contributed by atoms with van der Waals surface area (Å²) >= 11 is 0. The third kappa shape index (κ3) is 3.53. The van der Waals surface area contributed by atoms with Gasteiger partial charge >= 0.3 is 6.36 Å². The Morgan fingerprint density at radius 2 is 1.93 bits per heavy atom. The van der Waals surface area contributed by atoms with E-state index in [1.54, 1.807) is 12.1 Å². The smallest absolute Gasteiger partial charge is 0.406 e. The molecule has 2 N–H and O–H groups in total. The zero-order chi connectivity index (χ0) is 21.4. The lowest BCUT2D eigenvalue weighted by Crippen LogP contribution is -2.46. The van der Waals surface area contributed by atoms with Gasteiger partial charge in [0.25, 0.3) is 0 Å². The Hall–Kier alpha value is -3.29. The van der Waals surface area contributed by atoms with Gasteiger partial charge in [0.05, 0.1) is 0 Å². The number of rotatable bonds is 5. The largest absolute Gasteiger partial charge is 0.573 e. The van der Waals surface area contributed by atoms with Gasteiger partial charge in [0.15, 0.2) is 11.5 Å². The summed E-state index contributed by atoms with van der Waals surface area (Å²) in [6.45, 7) is 5.12. The van der Waals surface area contributed by atoms with E-state index in [2.05, 4.69) is 11.3 Å². The van der Waals surface area contributed by atoms with E-state index in [4.69, 9.17) is 15.7 Å². The van der Waals surface area contributed by atoms with E-state index in [9.17, 15) is 13.2 Å². The van der Waals surface area contributed by atoms with Crippen LogP contribution in [-0.2, 0) is 12.0 Å². The highest BCUT2D eigenvalue weighted by Gasteiger charge is 2.49. The van der Waals surface area contributed by atoms with Crippen LogP contribution in [-0.4, -0.2) is 36.1 Å². The topological polar surface area (TPSA) is 63.2 Å². The Balaban J connectivity index is 1.87. The van der Waals surface area contributed by atoms with Gasteiger partial charge in [-0.1, -0.05) is 42.5 Å². The summed E-state index contributed by atoms with van der Waals surface area (Å²) in [5.41, 5.74) is 7.78. The second kappa shape index (κ2) is 7.51. The minimum atomic E-state index is -4.75. The molecular formula is C22H21F3N4O. The van der Waals surface area contributed by atoms with Crippen molar-refractivity contribution in [3.63, 3.8) is 0 Å². The molecule has 30 heavy (non-hydrogen) atoms. The van der Waals surface area contributed by atoms with E-state index >= 15 is 0 Å². The number of allylic oxidation sites excluding steroid dienone is 1. The van der Waals surface area contributed by atoms with Crippen molar-refractivity contribution >= 4 is 11.8 Å². The number of aliphatic imine (C=N–C) groups is 2. The summed E-state index contributed by atoms with van der Waals surface area (Å²) in [5, 5.41) is 0. The van der Waals surface area contributed by atoms with E-state index in [0.29, 0.717) is 36.9 Å². The SMILES string of the molecule is C=CCc1cccc(C2(c3ccc(OC(F)(F)F)cc3)N=C(N)N3CCCN=C32)c1. The third-order valence-electron chi connectivity index (χ3n) is 5.17. The molecule has 2 aliphatic rings. The Morgan fingerprint density at radius 3 is 2.63 bits per heavy atom. The molecule has 2 aliphatic heterocycles. The van der Waals surface area contributed by atoms with Gasteiger partial charge in [-0.15, -0.1) is 19.8 Å². The summed E-state index contributed by atoms with van der Waals surface area (Å²) in [7, 11) is 0. The molecule has 156 valence electrons. The number of alkyl halides is 3. The summed E-state index contributed by atoms with van der Waals surface area (Å²) in [5.74, 6) is 0.740. The van der Waals surface area contributed by atoms with Crippen LogP contribution in [0.25, 0.3) is 0 Å². The van der Waals surface area contributed by atoms with Crippen LogP contribution in [0.15, 0.2) is 71.2 Å². The molecule has 0 spiro atoms. The first-order chi connectivity index (χ1) is 14.3. The number of guanidine groups is 1. The molecule has 0 bridgehead atoms. The van der Waals surface area contributed by atoms with Crippen molar-refractivity contribution in [2.24, 2.45) is 15.7 Å². The van der Waals surface area contributed by atoms with E-state index in [-0.39, 0.29) is 5.75 Å². The normalized spacial score (nSPS) is 21.0. The van der Waals surface area contributed by atoms with Crippen LogP contribution in [0.4, 0.5) is 13.2 Å². The van der Waals surface area contributed by atoms with Crippen molar-refractivity contribution < 1.29 is 17.9 Å². The van der Waals surface area contributed by atoms with E-state index < -0.39 is 11.9 Å². The molecule has 0 amide bonds. The van der Waals surface area contributed by atoms with Gasteiger partial charge < -0.3 is 10.5 Å². The Kier molecular flexibility index (Phi) is 5.01. The van der Waals surface area contributed by atoms with Gasteiger partial charge in [0, 0.05) is 13.1 Å². The van der Waals surface area contributed by atoms with Crippen LogP contribution in [0.1, 0.15) is 23.1 Å². The Bertz CT molecular complexity index is 1010. The number of nitrogens with zero attached hydrogens (tertiary/aromatic N) is 3. The molecule has 2 heterocycles. The lowest BCUT2D eigenvalue weighted by atomic mass is 9.81. The zero-order valence-corrected chi connectivity index (χ0v) is 16.2. The number of hydrogen-bond donors (Lipinski definition) is 1. The molecule has 4 rings (SSSR count). The quantitative estimate of drug-likeness (QED) is 0.753. The Labute approximate surface area is 172 Å². The van der Waals surface area contributed by atoms with Gasteiger partial charge in [-0.05, 0) is 41.7 Å². The predicted octanol–water partition coefficient (Wildman–Crippen LogP) is 3.99. The van der Waals surface area contributed by atoms with Crippen LogP contribution in [0.2, 0.25) is 0 Å². The van der Waals surface area contributed by atoms with Gasteiger partial charge in [-0.2, -0.15) is 0 Å². The summed E-state index contributed by atoms with van der Waals surface area (Å²) in [6, 6.07) is 13.6. The third-order valence-corrected chi connectivity index (χ3v) is 5.17. The van der Waals surface area contributed by atoms with E-state index in [1.165, 1.54) is 12.1 Å². The maximum absolute atomic E-state index is 12.6. The van der Waals surface area contributed by atoms with Crippen molar-refractivity contribution in [2.45, 2.75) is 24.7 Å². The number of nitrogens with two attached hydrogens (primary N) is 1. The number of hydrogen-bond acceptors (Lipinski definition) is 5. The van der Waals surface area contributed by atoms with Gasteiger partial charge in [0.1, 0.15) is 11.6 Å². The van der Waals surface area contributed by atoms with Crippen molar-refractivity contribution in [3.05, 3.63) is 77.9 Å². The lowest BCUT2D eigenvalue weighted by molar-refractivity contribution is -0.274. The van der Waals surface area contributed by atoms with E-state index in [1.807, 2.05) is 35.2 Å². The maximum Gasteiger partial charge on any atom is 0.573 e. The molecule has 0 aromatic heterocycles. The predicted molar refractivity (Wildman–Crippen MR) is 109 cm³/mol. The fourth-order valence-corrected chi connectivity index (χ4v) is 3.96. The highest BCUT2D eigenvalue weighted by atomic mass is 19.4. The molecule has 5 nitrogen and oxygen atoms in total. The molecule has 1 atom stereocenters. The minimum Gasteiger partial charge on any atom is -0.406 e. The monoisotopic (exact) mass is 414 g/mol. The highest BCUT2D eigenvalue weighted by Crippen LogP contribution is 2.42. The van der Waals surface area contributed by atoms with Crippen LogP contribution < -0.4 is 10.5 Å². The molecule has 0 aliphatic carbocycles. The molecule has 0 saturated carbocycles. The maximum atomic E-state index is 12.6. The second-order valence-electron chi connectivity index (χ2n) is 7.16. The minimum absolute atomic E-state index is 0.292. The molecule has 1 unspecified atom stereocenters. The average molecular weight is 414 g/mol. The number of ether oxygens (including phenoxy) is 1. The van der Waals surface area contributed by atoms with Crippen LogP contribution in [0.5, 0.6) is 5.75 Å². The van der Waals surface area contributed by atoms with Crippen molar-refractivity contribution in [2.75, 3.05) is 13.1 Å². The fraction of sp³-hybridized carbons (Fsp3) is 0.273. The first-order valence-corrected chi connectivity index (χ1v) is 9.58. The Morgan fingerprint density at radius 1 is 1.17 bits per heavy atom. The van der Waals surface area contributed by atoms with Gasteiger partial charge in [0.2, 0.25) is 0 Å². The molecule has 0 fully saturated rings.